The fourth-order valence-electron chi connectivity index (χ4n) is 3.31. The molecule has 9 nitrogen and oxygen atoms in total. The van der Waals surface area contributed by atoms with E-state index in [1.54, 1.807) is 12.4 Å². The monoisotopic (exact) mass is 453 g/mol. The van der Waals surface area contributed by atoms with E-state index >= 15 is 0 Å². The molecule has 3 rings (SSSR count). The first-order valence-electron chi connectivity index (χ1n) is 8.93. The first-order chi connectivity index (χ1) is 13.9. The Bertz CT molecular complexity index is 850. The van der Waals surface area contributed by atoms with Crippen molar-refractivity contribution in [1.82, 2.24) is 14.6 Å². The standard InChI is InChI=1S/C15H21N3O4S.C2HF3O2/c1-23(20,21)18-9-13(12-4-6-22-14(12)10-18)15(19)17-8-11-3-2-5-16-7-11;3-2(4,5)1(6)7/h2-3,5,7,12-14H,4,6,8-10H2,1H3,(H,17,19);(H,6,7)/t12-,13-,14+;/m0./s1. The Morgan fingerprint density at radius 3 is 2.57 bits per heavy atom. The molecule has 2 aliphatic rings. The van der Waals surface area contributed by atoms with Crippen molar-refractivity contribution in [3.05, 3.63) is 30.1 Å². The summed E-state index contributed by atoms with van der Waals surface area (Å²) in [5.41, 5.74) is 0.913. The number of carbonyl (C=O) groups excluding carboxylic acids is 1. The van der Waals surface area contributed by atoms with E-state index in [0.29, 0.717) is 19.7 Å². The van der Waals surface area contributed by atoms with E-state index in [2.05, 4.69) is 10.3 Å². The quantitative estimate of drug-likeness (QED) is 0.685. The minimum atomic E-state index is -5.08. The molecule has 0 spiro atoms. The third-order valence-electron chi connectivity index (χ3n) is 4.80. The van der Waals surface area contributed by atoms with Crippen LogP contribution in [0.5, 0.6) is 0 Å². The maximum absolute atomic E-state index is 12.6. The lowest BCUT2D eigenvalue weighted by molar-refractivity contribution is -0.192. The van der Waals surface area contributed by atoms with Crippen LogP contribution in [0.25, 0.3) is 0 Å². The summed E-state index contributed by atoms with van der Waals surface area (Å²) in [7, 11) is -3.33. The first-order valence-corrected chi connectivity index (χ1v) is 10.8. The molecule has 3 heterocycles. The highest BCUT2D eigenvalue weighted by molar-refractivity contribution is 7.88. The molecule has 30 heavy (non-hydrogen) atoms. The molecule has 0 radical (unpaired) electrons. The molecule has 2 fully saturated rings. The molecule has 0 bridgehead atoms. The molecule has 13 heteroatoms. The number of aromatic nitrogens is 1. The van der Waals surface area contributed by atoms with Crippen molar-refractivity contribution in [3.8, 4) is 0 Å². The molecule has 0 aromatic carbocycles. The number of fused-ring (bicyclic) bond motifs is 1. The average Bonchev–Trinajstić information content (AvgIpc) is 3.14. The van der Waals surface area contributed by atoms with Gasteiger partial charge in [0.15, 0.2) is 0 Å². The molecule has 1 amide bonds. The number of hydrogen-bond donors (Lipinski definition) is 2. The second-order valence-electron chi connectivity index (χ2n) is 6.93. The molecule has 2 aliphatic heterocycles. The highest BCUT2D eigenvalue weighted by atomic mass is 32.2. The van der Waals surface area contributed by atoms with E-state index in [-0.39, 0.29) is 30.4 Å². The second kappa shape index (κ2) is 9.71. The lowest BCUT2D eigenvalue weighted by atomic mass is 9.83. The third-order valence-corrected chi connectivity index (χ3v) is 6.04. The molecule has 168 valence electrons. The number of sulfonamides is 1. The van der Waals surface area contributed by atoms with Gasteiger partial charge >= 0.3 is 12.1 Å². The van der Waals surface area contributed by atoms with Crippen molar-refractivity contribution in [1.29, 1.82) is 0 Å². The number of ether oxygens (including phenoxy) is 1. The van der Waals surface area contributed by atoms with Gasteiger partial charge in [0.2, 0.25) is 15.9 Å². The number of rotatable bonds is 4. The Labute approximate surface area is 171 Å². The van der Waals surface area contributed by atoms with Crippen LogP contribution < -0.4 is 5.32 Å². The van der Waals surface area contributed by atoms with Gasteiger partial charge in [0, 0.05) is 44.6 Å². The Morgan fingerprint density at radius 2 is 2.03 bits per heavy atom. The molecule has 2 N–H and O–H groups in total. The summed E-state index contributed by atoms with van der Waals surface area (Å²) < 4.78 is 62.4. The number of pyridine rings is 1. The van der Waals surface area contributed by atoms with Crippen molar-refractivity contribution in [3.63, 3.8) is 0 Å². The number of nitrogens with zero attached hydrogens (tertiary/aromatic N) is 2. The fraction of sp³-hybridized carbons (Fsp3) is 0.588. The molecule has 2 saturated heterocycles. The van der Waals surface area contributed by atoms with Crippen LogP contribution in [0.2, 0.25) is 0 Å². The highest BCUT2D eigenvalue weighted by Gasteiger charge is 2.46. The Balaban J connectivity index is 0.000000396. The van der Waals surface area contributed by atoms with Crippen molar-refractivity contribution in [2.24, 2.45) is 11.8 Å². The molecular formula is C17H22F3N3O6S. The van der Waals surface area contributed by atoms with Gasteiger partial charge in [-0.2, -0.15) is 17.5 Å². The van der Waals surface area contributed by atoms with Gasteiger partial charge in [-0.25, -0.2) is 13.2 Å². The zero-order valence-electron chi connectivity index (χ0n) is 16.0. The van der Waals surface area contributed by atoms with Gasteiger partial charge in [-0.05, 0) is 18.1 Å². The Kier molecular flexibility index (Phi) is 7.77. The van der Waals surface area contributed by atoms with E-state index in [1.807, 2.05) is 12.1 Å². The van der Waals surface area contributed by atoms with Gasteiger partial charge in [0.25, 0.3) is 0 Å². The van der Waals surface area contributed by atoms with Crippen LogP contribution in [-0.2, 0) is 30.9 Å². The van der Waals surface area contributed by atoms with Crippen LogP contribution in [0.1, 0.15) is 12.0 Å². The van der Waals surface area contributed by atoms with Gasteiger partial charge in [-0.1, -0.05) is 6.07 Å². The maximum atomic E-state index is 12.6. The second-order valence-corrected chi connectivity index (χ2v) is 8.91. The third kappa shape index (κ3) is 6.64. The number of halogens is 3. The molecule has 0 aliphatic carbocycles. The molecular weight excluding hydrogens is 431 g/mol. The predicted molar refractivity (Wildman–Crippen MR) is 97.5 cm³/mol. The van der Waals surface area contributed by atoms with Crippen LogP contribution in [0.4, 0.5) is 13.2 Å². The number of carbonyl (C=O) groups is 2. The highest BCUT2D eigenvalue weighted by Crippen LogP contribution is 2.34. The van der Waals surface area contributed by atoms with Crippen molar-refractivity contribution in [2.45, 2.75) is 25.2 Å². The molecule has 3 atom stereocenters. The molecule has 1 aromatic heterocycles. The summed E-state index contributed by atoms with van der Waals surface area (Å²) in [6.07, 6.45) is 0.0790. The van der Waals surface area contributed by atoms with Gasteiger partial charge in [-0.3, -0.25) is 9.78 Å². The average molecular weight is 453 g/mol. The minimum absolute atomic E-state index is 0.0851. The van der Waals surface area contributed by atoms with E-state index in [9.17, 15) is 26.4 Å². The number of aliphatic carboxylic acids is 1. The van der Waals surface area contributed by atoms with Crippen LogP contribution in [0.15, 0.2) is 24.5 Å². The number of carboxylic acids is 1. The van der Waals surface area contributed by atoms with Gasteiger partial charge < -0.3 is 15.2 Å². The number of hydrogen-bond acceptors (Lipinski definition) is 6. The Hall–Kier alpha value is -2.25. The zero-order chi connectivity index (χ0) is 22.5. The lowest BCUT2D eigenvalue weighted by Gasteiger charge is -2.37. The Morgan fingerprint density at radius 1 is 1.37 bits per heavy atom. The van der Waals surface area contributed by atoms with E-state index < -0.39 is 22.2 Å². The number of amides is 1. The van der Waals surface area contributed by atoms with Crippen LogP contribution >= 0.6 is 0 Å². The normalized spacial score (nSPS) is 24.3. The van der Waals surface area contributed by atoms with E-state index in [4.69, 9.17) is 14.6 Å². The van der Waals surface area contributed by atoms with Gasteiger partial charge in [-0.15, -0.1) is 0 Å². The van der Waals surface area contributed by atoms with Crippen molar-refractivity contribution in [2.75, 3.05) is 26.0 Å². The molecule has 0 saturated carbocycles. The predicted octanol–water partition coefficient (Wildman–Crippen LogP) is 0.628. The summed E-state index contributed by atoms with van der Waals surface area (Å²) in [5.74, 6) is -3.17. The largest absolute Gasteiger partial charge is 0.490 e. The fourth-order valence-corrected chi connectivity index (χ4v) is 4.16. The SMILES string of the molecule is CS(=O)(=O)N1C[C@H](C(=O)NCc2cccnc2)[C@@H]2CCO[C@@H]2C1.O=C(O)C(F)(F)F. The summed E-state index contributed by atoms with van der Waals surface area (Å²) in [5, 5.41) is 10.0. The molecule has 1 aromatic rings. The number of piperidine rings is 1. The van der Waals surface area contributed by atoms with Gasteiger partial charge in [0.05, 0.1) is 18.3 Å². The zero-order valence-corrected chi connectivity index (χ0v) is 16.8. The minimum Gasteiger partial charge on any atom is -0.475 e. The summed E-state index contributed by atoms with van der Waals surface area (Å²) in [4.78, 5) is 25.5. The lowest BCUT2D eigenvalue weighted by Crippen LogP contribution is -2.53. The molecule has 0 unspecified atom stereocenters. The van der Waals surface area contributed by atoms with Crippen molar-refractivity contribution >= 4 is 21.9 Å². The summed E-state index contributed by atoms with van der Waals surface area (Å²) in [6.45, 7) is 1.54. The number of nitrogens with one attached hydrogen (secondary N) is 1. The number of alkyl halides is 3. The van der Waals surface area contributed by atoms with Gasteiger partial charge in [0.1, 0.15) is 0 Å². The van der Waals surface area contributed by atoms with Crippen molar-refractivity contribution < 1.29 is 41.0 Å². The number of carboxylic acid groups (broad SMARTS) is 1. The summed E-state index contributed by atoms with van der Waals surface area (Å²) in [6, 6.07) is 3.70. The van der Waals surface area contributed by atoms with Crippen LogP contribution in [-0.4, -0.2) is 72.9 Å². The topological polar surface area (TPSA) is 126 Å². The van der Waals surface area contributed by atoms with E-state index in [0.717, 1.165) is 12.0 Å². The van der Waals surface area contributed by atoms with Crippen LogP contribution in [0, 0.1) is 11.8 Å². The van der Waals surface area contributed by atoms with Crippen LogP contribution in [0.3, 0.4) is 0 Å². The first kappa shape index (κ1) is 24.0. The maximum Gasteiger partial charge on any atom is 0.490 e. The smallest absolute Gasteiger partial charge is 0.475 e. The summed E-state index contributed by atoms with van der Waals surface area (Å²) >= 11 is 0. The van der Waals surface area contributed by atoms with E-state index in [1.165, 1.54) is 10.6 Å².